The molecule has 0 spiro atoms. The van der Waals surface area contributed by atoms with E-state index in [0.717, 1.165) is 12.1 Å². The van der Waals surface area contributed by atoms with Crippen LogP contribution < -0.4 is 5.73 Å². The second-order valence-corrected chi connectivity index (χ2v) is 5.11. The van der Waals surface area contributed by atoms with Crippen LogP contribution in [0, 0.1) is 11.2 Å². The van der Waals surface area contributed by atoms with E-state index < -0.39 is 29.0 Å². The third-order valence-electron chi connectivity index (χ3n) is 2.54. The SMILES string of the molecule is CC(C)(C)[C@H](N)c1cc(F)cc(C(F)(F)F)c1. The van der Waals surface area contributed by atoms with E-state index in [1.54, 1.807) is 20.8 Å². The molecule has 5 heteroatoms. The van der Waals surface area contributed by atoms with E-state index in [1.165, 1.54) is 0 Å². The average Bonchev–Trinajstić information content (AvgIpc) is 2.12. The van der Waals surface area contributed by atoms with Crippen molar-refractivity contribution in [1.29, 1.82) is 0 Å². The summed E-state index contributed by atoms with van der Waals surface area (Å²) in [6.45, 7) is 5.36. The highest BCUT2D eigenvalue weighted by Crippen LogP contribution is 2.35. The molecule has 17 heavy (non-hydrogen) atoms. The fourth-order valence-corrected chi connectivity index (χ4v) is 1.46. The molecule has 0 saturated carbocycles. The monoisotopic (exact) mass is 249 g/mol. The largest absolute Gasteiger partial charge is 0.416 e. The predicted octanol–water partition coefficient (Wildman–Crippen LogP) is 3.89. The maximum absolute atomic E-state index is 13.2. The van der Waals surface area contributed by atoms with Crippen LogP contribution in [0.3, 0.4) is 0 Å². The first-order valence-corrected chi connectivity index (χ1v) is 5.15. The van der Waals surface area contributed by atoms with Gasteiger partial charge in [0.15, 0.2) is 0 Å². The van der Waals surface area contributed by atoms with Gasteiger partial charge < -0.3 is 5.73 Å². The van der Waals surface area contributed by atoms with E-state index in [2.05, 4.69) is 0 Å². The Balaban J connectivity index is 3.24. The lowest BCUT2D eigenvalue weighted by Gasteiger charge is -2.28. The first-order chi connectivity index (χ1) is 7.51. The van der Waals surface area contributed by atoms with Crippen molar-refractivity contribution in [3.05, 3.63) is 35.1 Å². The number of alkyl halides is 3. The highest BCUT2D eigenvalue weighted by atomic mass is 19.4. The van der Waals surface area contributed by atoms with Crippen LogP contribution in [-0.4, -0.2) is 0 Å². The van der Waals surface area contributed by atoms with Gasteiger partial charge >= 0.3 is 6.18 Å². The molecule has 0 aromatic heterocycles. The van der Waals surface area contributed by atoms with E-state index in [0.29, 0.717) is 6.07 Å². The molecule has 0 fully saturated rings. The fourth-order valence-electron chi connectivity index (χ4n) is 1.46. The molecule has 0 aliphatic heterocycles. The summed E-state index contributed by atoms with van der Waals surface area (Å²) in [5.74, 6) is -0.922. The quantitative estimate of drug-likeness (QED) is 0.751. The van der Waals surface area contributed by atoms with E-state index in [1.807, 2.05) is 0 Å². The standard InChI is InChI=1S/C12H15F4N/c1-11(2,3)10(17)7-4-8(12(14,15)16)6-9(13)5-7/h4-6,10H,17H2,1-3H3/t10-/m1/s1. The van der Waals surface area contributed by atoms with Crippen molar-refractivity contribution in [3.8, 4) is 0 Å². The Hall–Kier alpha value is -1.10. The van der Waals surface area contributed by atoms with Crippen molar-refractivity contribution in [2.75, 3.05) is 0 Å². The molecule has 0 saturated heterocycles. The maximum atomic E-state index is 13.2. The van der Waals surface area contributed by atoms with E-state index >= 15 is 0 Å². The second-order valence-electron chi connectivity index (χ2n) is 5.11. The normalized spacial score (nSPS) is 14.8. The summed E-state index contributed by atoms with van der Waals surface area (Å²) in [4.78, 5) is 0. The minimum atomic E-state index is -4.56. The summed E-state index contributed by atoms with van der Waals surface area (Å²) in [7, 11) is 0. The van der Waals surface area contributed by atoms with E-state index in [9.17, 15) is 17.6 Å². The third kappa shape index (κ3) is 3.43. The minimum absolute atomic E-state index is 0.157. The summed E-state index contributed by atoms with van der Waals surface area (Å²) in [6, 6.07) is 1.77. The molecule has 0 aliphatic rings. The molecule has 0 unspecified atom stereocenters. The smallest absolute Gasteiger partial charge is 0.324 e. The number of nitrogens with two attached hydrogens (primary N) is 1. The van der Waals surface area contributed by atoms with Gasteiger partial charge in [0.2, 0.25) is 0 Å². The van der Waals surface area contributed by atoms with Crippen LogP contribution in [-0.2, 0) is 6.18 Å². The zero-order chi connectivity index (χ0) is 13.4. The van der Waals surface area contributed by atoms with Gasteiger partial charge in [0.05, 0.1) is 5.56 Å². The highest BCUT2D eigenvalue weighted by Gasteiger charge is 2.33. The summed E-state index contributed by atoms with van der Waals surface area (Å²) < 4.78 is 50.7. The lowest BCUT2D eigenvalue weighted by molar-refractivity contribution is -0.137. The summed E-state index contributed by atoms with van der Waals surface area (Å²) in [6.07, 6.45) is -4.56. The molecule has 0 radical (unpaired) electrons. The molecule has 1 rings (SSSR count). The second kappa shape index (κ2) is 4.29. The number of rotatable bonds is 1. The highest BCUT2D eigenvalue weighted by molar-refractivity contribution is 5.29. The topological polar surface area (TPSA) is 26.0 Å². The van der Waals surface area contributed by atoms with Gasteiger partial charge in [-0.3, -0.25) is 0 Å². The molecular weight excluding hydrogens is 234 g/mol. The van der Waals surface area contributed by atoms with Crippen LogP contribution in [0.2, 0.25) is 0 Å². The number of benzene rings is 1. The van der Waals surface area contributed by atoms with Gasteiger partial charge in [-0.05, 0) is 29.2 Å². The molecule has 0 heterocycles. The number of hydrogen-bond donors (Lipinski definition) is 1. The number of halogens is 4. The minimum Gasteiger partial charge on any atom is -0.324 e. The average molecular weight is 249 g/mol. The summed E-state index contributed by atoms with van der Waals surface area (Å²) >= 11 is 0. The predicted molar refractivity (Wildman–Crippen MR) is 57.8 cm³/mol. The van der Waals surface area contributed by atoms with E-state index in [-0.39, 0.29) is 5.56 Å². The first-order valence-electron chi connectivity index (χ1n) is 5.15. The molecule has 0 bridgehead atoms. The van der Waals surface area contributed by atoms with Crippen molar-refractivity contribution in [2.45, 2.75) is 33.0 Å². The Morgan fingerprint density at radius 2 is 1.59 bits per heavy atom. The first kappa shape index (κ1) is 14.0. The Morgan fingerprint density at radius 1 is 1.06 bits per heavy atom. The molecule has 0 amide bonds. The van der Waals surface area contributed by atoms with Gasteiger partial charge in [-0.15, -0.1) is 0 Å². The van der Waals surface area contributed by atoms with Crippen LogP contribution in [0.4, 0.5) is 17.6 Å². The summed E-state index contributed by atoms with van der Waals surface area (Å²) in [5.41, 5.74) is 4.54. The van der Waals surface area contributed by atoms with Gasteiger partial charge in [0.1, 0.15) is 5.82 Å². The molecular formula is C12H15F4N. The molecule has 1 atom stereocenters. The zero-order valence-electron chi connectivity index (χ0n) is 9.90. The molecule has 1 aromatic carbocycles. The Labute approximate surface area is 97.6 Å². The van der Waals surface area contributed by atoms with Crippen LogP contribution in [0.1, 0.15) is 37.9 Å². The number of hydrogen-bond acceptors (Lipinski definition) is 1. The molecule has 2 N–H and O–H groups in total. The third-order valence-corrected chi connectivity index (χ3v) is 2.54. The van der Waals surface area contributed by atoms with Crippen molar-refractivity contribution >= 4 is 0 Å². The molecule has 1 nitrogen and oxygen atoms in total. The zero-order valence-corrected chi connectivity index (χ0v) is 9.90. The van der Waals surface area contributed by atoms with Gasteiger partial charge in [-0.2, -0.15) is 13.2 Å². The fraction of sp³-hybridized carbons (Fsp3) is 0.500. The van der Waals surface area contributed by atoms with Gasteiger partial charge in [-0.1, -0.05) is 20.8 Å². The van der Waals surface area contributed by atoms with Crippen LogP contribution in [0.5, 0.6) is 0 Å². The van der Waals surface area contributed by atoms with Gasteiger partial charge in [0.25, 0.3) is 0 Å². The Kier molecular flexibility index (Phi) is 3.52. The van der Waals surface area contributed by atoms with Crippen LogP contribution in [0.25, 0.3) is 0 Å². The lowest BCUT2D eigenvalue weighted by atomic mass is 9.82. The van der Waals surface area contributed by atoms with Crippen molar-refractivity contribution < 1.29 is 17.6 Å². The molecule has 96 valence electrons. The maximum Gasteiger partial charge on any atom is 0.416 e. The van der Waals surface area contributed by atoms with Crippen molar-refractivity contribution in [3.63, 3.8) is 0 Å². The van der Waals surface area contributed by atoms with Crippen LogP contribution in [0.15, 0.2) is 18.2 Å². The van der Waals surface area contributed by atoms with Gasteiger partial charge in [-0.25, -0.2) is 4.39 Å². The Morgan fingerprint density at radius 3 is 2.00 bits per heavy atom. The molecule has 0 aliphatic carbocycles. The summed E-state index contributed by atoms with van der Waals surface area (Å²) in [5, 5.41) is 0. The lowest BCUT2D eigenvalue weighted by Crippen LogP contribution is -2.26. The molecule has 1 aromatic rings. The van der Waals surface area contributed by atoms with Gasteiger partial charge in [0, 0.05) is 6.04 Å². The van der Waals surface area contributed by atoms with Crippen molar-refractivity contribution in [1.82, 2.24) is 0 Å². The Bertz CT molecular complexity index is 404. The van der Waals surface area contributed by atoms with E-state index in [4.69, 9.17) is 5.73 Å². The van der Waals surface area contributed by atoms with Crippen LogP contribution >= 0.6 is 0 Å². The van der Waals surface area contributed by atoms with Crippen molar-refractivity contribution in [2.24, 2.45) is 11.1 Å².